The van der Waals surface area contributed by atoms with Crippen LogP contribution < -0.4 is 0 Å². The SMILES string of the molecule is C=C.CC(=O)O.CC(O)CO.CC(O)COC(C)CO. The van der Waals surface area contributed by atoms with E-state index in [9.17, 15) is 0 Å². The third-order valence-corrected chi connectivity index (χ3v) is 1.14. The Morgan fingerprint density at radius 3 is 1.50 bits per heavy atom. The molecule has 0 saturated heterocycles. The molecule has 7 nitrogen and oxygen atoms in total. The van der Waals surface area contributed by atoms with Crippen molar-refractivity contribution in [3.63, 3.8) is 0 Å². The molecule has 124 valence electrons. The molecule has 0 spiro atoms. The number of hydrogen-bond donors (Lipinski definition) is 5. The Morgan fingerprint density at radius 1 is 1.05 bits per heavy atom. The number of rotatable bonds is 5. The van der Waals surface area contributed by atoms with Gasteiger partial charge >= 0.3 is 0 Å². The first-order chi connectivity index (χ1) is 9.17. The number of carbonyl (C=O) groups is 1. The molecule has 5 N–H and O–H groups in total. The highest BCUT2D eigenvalue weighted by atomic mass is 16.5. The predicted molar refractivity (Wildman–Crippen MR) is 77.5 cm³/mol. The number of aliphatic hydroxyl groups is 4. The van der Waals surface area contributed by atoms with Crippen molar-refractivity contribution in [1.29, 1.82) is 0 Å². The van der Waals surface area contributed by atoms with Crippen LogP contribution in [0.3, 0.4) is 0 Å². The Kier molecular flexibility index (Phi) is 31.7. The van der Waals surface area contributed by atoms with Crippen LogP contribution in [0, 0.1) is 0 Å². The molecule has 0 aromatic carbocycles. The standard InChI is InChI=1S/C6H14O3.C3H8O2.C2H4O2.C2H4/c1-5(8)4-9-6(2)3-7;1-3(5)2-4;1-2(3)4;1-2/h5-8H,3-4H2,1-2H3;3-5H,2H2,1H3;1H3,(H,3,4);1-2H2. The largest absolute Gasteiger partial charge is 0.481 e. The van der Waals surface area contributed by atoms with Gasteiger partial charge in [0.2, 0.25) is 0 Å². The summed E-state index contributed by atoms with van der Waals surface area (Å²) >= 11 is 0. The summed E-state index contributed by atoms with van der Waals surface area (Å²) < 4.78 is 4.95. The molecule has 0 amide bonds. The van der Waals surface area contributed by atoms with Gasteiger partial charge in [-0.15, -0.1) is 13.2 Å². The smallest absolute Gasteiger partial charge is 0.300 e. The second-order valence-corrected chi connectivity index (χ2v) is 3.73. The topological polar surface area (TPSA) is 127 Å². The quantitative estimate of drug-likeness (QED) is 0.453. The minimum absolute atomic E-state index is 0.00667. The maximum atomic E-state index is 9.00. The van der Waals surface area contributed by atoms with Crippen molar-refractivity contribution >= 4 is 5.97 Å². The summed E-state index contributed by atoms with van der Waals surface area (Å²) in [5.74, 6) is -0.833. The van der Waals surface area contributed by atoms with E-state index in [1.165, 1.54) is 6.92 Å². The van der Waals surface area contributed by atoms with Crippen LogP contribution in [0.1, 0.15) is 27.7 Å². The molecule has 0 aliphatic carbocycles. The Bertz CT molecular complexity index is 180. The Morgan fingerprint density at radius 2 is 1.35 bits per heavy atom. The lowest BCUT2D eigenvalue weighted by atomic mass is 10.4. The van der Waals surface area contributed by atoms with Crippen molar-refractivity contribution in [3.05, 3.63) is 13.2 Å². The summed E-state index contributed by atoms with van der Waals surface area (Å²) in [7, 11) is 0. The Balaban J connectivity index is -0.0000000990. The molecule has 0 bridgehead atoms. The molecule has 7 heteroatoms. The van der Waals surface area contributed by atoms with Gasteiger partial charge in [0.1, 0.15) is 0 Å². The van der Waals surface area contributed by atoms with E-state index < -0.39 is 18.2 Å². The summed E-state index contributed by atoms with van der Waals surface area (Å²) in [6, 6.07) is 0. The van der Waals surface area contributed by atoms with Crippen molar-refractivity contribution in [2.24, 2.45) is 0 Å². The van der Waals surface area contributed by atoms with E-state index in [1.807, 2.05) is 0 Å². The van der Waals surface area contributed by atoms with Gasteiger partial charge in [0.05, 0.1) is 38.1 Å². The first-order valence-electron chi connectivity index (χ1n) is 6.06. The molecule has 0 saturated carbocycles. The first kappa shape index (κ1) is 27.4. The lowest BCUT2D eigenvalue weighted by Crippen LogP contribution is -2.19. The number of ether oxygens (including phenoxy) is 1. The van der Waals surface area contributed by atoms with E-state index in [0.29, 0.717) is 6.61 Å². The van der Waals surface area contributed by atoms with Crippen molar-refractivity contribution in [2.75, 3.05) is 19.8 Å². The Labute approximate surface area is 121 Å². The van der Waals surface area contributed by atoms with Crippen molar-refractivity contribution in [1.82, 2.24) is 0 Å². The van der Waals surface area contributed by atoms with Gasteiger partial charge in [0.25, 0.3) is 5.97 Å². The number of hydrogen-bond acceptors (Lipinski definition) is 6. The van der Waals surface area contributed by atoms with E-state index in [4.69, 9.17) is 35.1 Å². The molecule has 3 unspecified atom stereocenters. The van der Waals surface area contributed by atoms with Gasteiger partial charge in [-0.1, -0.05) is 0 Å². The monoisotopic (exact) mass is 298 g/mol. The van der Waals surface area contributed by atoms with Gasteiger partial charge in [-0.05, 0) is 20.8 Å². The third kappa shape index (κ3) is 68.0. The van der Waals surface area contributed by atoms with Crippen LogP contribution in [0.2, 0.25) is 0 Å². The lowest BCUT2D eigenvalue weighted by Gasteiger charge is -2.10. The summed E-state index contributed by atoms with van der Waals surface area (Å²) in [5.41, 5.74) is 0. The van der Waals surface area contributed by atoms with Crippen LogP contribution in [0.5, 0.6) is 0 Å². The van der Waals surface area contributed by atoms with E-state index in [-0.39, 0.29) is 19.3 Å². The molecule has 0 radical (unpaired) electrons. The highest BCUT2D eigenvalue weighted by Crippen LogP contribution is 1.90. The zero-order valence-electron chi connectivity index (χ0n) is 12.8. The minimum Gasteiger partial charge on any atom is -0.481 e. The fourth-order valence-electron chi connectivity index (χ4n) is 0.356. The van der Waals surface area contributed by atoms with Crippen molar-refractivity contribution in [2.45, 2.75) is 46.0 Å². The molecular weight excluding hydrogens is 268 g/mol. The summed E-state index contributed by atoms with van der Waals surface area (Å²) in [6.07, 6.45) is -1.17. The molecule has 0 aliphatic heterocycles. The van der Waals surface area contributed by atoms with Crippen LogP contribution in [0.25, 0.3) is 0 Å². The predicted octanol–water partition coefficient (Wildman–Crippen LogP) is 0.0172. The van der Waals surface area contributed by atoms with Gasteiger partial charge in [0.15, 0.2) is 0 Å². The van der Waals surface area contributed by atoms with Crippen molar-refractivity contribution < 1.29 is 35.1 Å². The summed E-state index contributed by atoms with van der Waals surface area (Å²) in [4.78, 5) is 9.00. The van der Waals surface area contributed by atoms with Gasteiger partial charge in [-0.25, -0.2) is 0 Å². The lowest BCUT2D eigenvalue weighted by molar-refractivity contribution is -0.134. The molecule has 20 heavy (non-hydrogen) atoms. The number of aliphatic hydroxyl groups excluding tert-OH is 4. The van der Waals surface area contributed by atoms with E-state index in [0.717, 1.165) is 6.92 Å². The molecule has 0 rings (SSSR count). The molecule has 0 aromatic rings. The zero-order valence-corrected chi connectivity index (χ0v) is 12.8. The summed E-state index contributed by atoms with van der Waals surface area (Å²) in [5, 5.41) is 40.6. The zero-order chi connectivity index (χ0) is 17.1. The highest BCUT2D eigenvalue weighted by molar-refractivity contribution is 5.62. The van der Waals surface area contributed by atoms with E-state index in [2.05, 4.69) is 13.2 Å². The molecule has 0 fully saturated rings. The fraction of sp³-hybridized carbons (Fsp3) is 0.769. The average Bonchev–Trinajstić information content (AvgIpc) is 2.38. The number of carboxylic acid groups (broad SMARTS) is 1. The summed E-state index contributed by atoms with van der Waals surface area (Å²) in [6.45, 7) is 12.2. The minimum atomic E-state index is -0.833. The molecular formula is C13H30O7. The van der Waals surface area contributed by atoms with Gasteiger partial charge in [-0.2, -0.15) is 0 Å². The fourth-order valence-corrected chi connectivity index (χ4v) is 0.356. The van der Waals surface area contributed by atoms with Crippen LogP contribution in [0.15, 0.2) is 13.2 Å². The van der Waals surface area contributed by atoms with E-state index in [1.54, 1.807) is 13.8 Å². The van der Waals surface area contributed by atoms with Gasteiger partial charge < -0.3 is 30.3 Å². The average molecular weight is 298 g/mol. The third-order valence-electron chi connectivity index (χ3n) is 1.14. The maximum Gasteiger partial charge on any atom is 0.300 e. The number of carboxylic acids is 1. The van der Waals surface area contributed by atoms with Crippen LogP contribution in [-0.2, 0) is 9.53 Å². The molecule has 0 heterocycles. The second-order valence-electron chi connectivity index (χ2n) is 3.73. The van der Waals surface area contributed by atoms with Crippen LogP contribution in [-0.4, -0.2) is 69.6 Å². The van der Waals surface area contributed by atoms with Crippen LogP contribution in [0.4, 0.5) is 0 Å². The van der Waals surface area contributed by atoms with Crippen molar-refractivity contribution in [3.8, 4) is 0 Å². The van der Waals surface area contributed by atoms with Crippen LogP contribution >= 0.6 is 0 Å². The van der Waals surface area contributed by atoms with Gasteiger partial charge in [-0.3, -0.25) is 4.79 Å². The Hall–Kier alpha value is -0.990. The van der Waals surface area contributed by atoms with E-state index >= 15 is 0 Å². The van der Waals surface area contributed by atoms with Gasteiger partial charge in [0, 0.05) is 6.92 Å². The maximum absolute atomic E-state index is 9.00. The second kappa shape index (κ2) is 23.1. The first-order valence-corrected chi connectivity index (χ1v) is 6.06. The molecule has 0 aliphatic rings. The number of aliphatic carboxylic acids is 1. The molecule has 3 atom stereocenters. The highest BCUT2D eigenvalue weighted by Gasteiger charge is 2.00. The normalized spacial score (nSPS) is 13.0. The molecule has 0 aromatic heterocycles.